The summed E-state index contributed by atoms with van der Waals surface area (Å²) in [6.45, 7) is 0. The van der Waals surface area contributed by atoms with Crippen molar-refractivity contribution in [1.29, 1.82) is 0 Å². The van der Waals surface area contributed by atoms with Crippen LogP contribution in [-0.2, 0) is 0 Å². The number of benzene rings is 2. The molecule has 3 aromatic rings. The summed E-state index contributed by atoms with van der Waals surface area (Å²) in [5.74, 6) is 1.35. The minimum Gasteiger partial charge on any atom is -0.206 e. The second kappa shape index (κ2) is 6.10. The number of rotatable bonds is 4. The molecular weight excluding hydrogens is 327 g/mol. The molecule has 0 amide bonds. The highest BCUT2D eigenvalue weighted by Gasteiger charge is 2.25. The first-order valence-electron chi connectivity index (χ1n) is 9.28. The van der Waals surface area contributed by atoms with Gasteiger partial charge in [0.2, 0.25) is 0 Å². The van der Waals surface area contributed by atoms with Crippen LogP contribution in [0, 0.1) is 5.82 Å². The second-order valence-corrected chi connectivity index (χ2v) is 8.54. The second-order valence-electron chi connectivity index (χ2n) is 7.42. The largest absolute Gasteiger partial charge is 0.206 e. The average molecular weight is 348 g/mol. The van der Waals surface area contributed by atoms with E-state index >= 15 is 0 Å². The Morgan fingerprint density at radius 1 is 0.760 bits per heavy atom. The Kier molecular flexibility index (Phi) is 3.74. The Morgan fingerprint density at radius 2 is 1.52 bits per heavy atom. The van der Waals surface area contributed by atoms with Crippen molar-refractivity contribution >= 4 is 11.3 Å². The summed E-state index contributed by atoms with van der Waals surface area (Å²) in [6.07, 6.45) is 6.55. The first kappa shape index (κ1) is 15.3. The van der Waals surface area contributed by atoms with E-state index in [1.54, 1.807) is 17.4 Å². The summed E-state index contributed by atoms with van der Waals surface area (Å²) in [5.41, 5.74) is 4.21. The molecule has 2 heteroatoms. The molecule has 0 atom stereocenters. The average Bonchev–Trinajstić information content (AvgIpc) is 3.32. The zero-order valence-corrected chi connectivity index (χ0v) is 15.0. The van der Waals surface area contributed by atoms with Crippen molar-refractivity contribution in [3.63, 3.8) is 0 Å². The molecule has 0 radical (unpaired) electrons. The van der Waals surface area contributed by atoms with Gasteiger partial charge in [0.05, 0.1) is 0 Å². The molecule has 0 N–H and O–H groups in total. The maximum absolute atomic E-state index is 14.7. The molecule has 0 spiro atoms. The summed E-state index contributed by atoms with van der Waals surface area (Å²) in [6, 6.07) is 18.6. The molecule has 25 heavy (non-hydrogen) atoms. The molecule has 5 rings (SSSR count). The van der Waals surface area contributed by atoms with Crippen LogP contribution >= 0.6 is 11.3 Å². The molecule has 2 aliphatic rings. The lowest BCUT2D eigenvalue weighted by atomic mass is 9.80. The number of hydrogen-bond acceptors (Lipinski definition) is 1. The van der Waals surface area contributed by atoms with E-state index in [0.29, 0.717) is 0 Å². The molecule has 0 unspecified atom stereocenters. The van der Waals surface area contributed by atoms with Crippen molar-refractivity contribution in [1.82, 2.24) is 0 Å². The molecule has 2 aromatic carbocycles. The Labute approximate surface area is 152 Å². The van der Waals surface area contributed by atoms with Gasteiger partial charge >= 0.3 is 0 Å². The molecule has 0 bridgehead atoms. The van der Waals surface area contributed by atoms with Crippen LogP contribution in [0.25, 0.3) is 21.6 Å². The molecule has 1 aromatic heterocycles. The lowest BCUT2D eigenvalue weighted by Crippen LogP contribution is -2.08. The van der Waals surface area contributed by atoms with Gasteiger partial charge in [-0.2, -0.15) is 0 Å². The van der Waals surface area contributed by atoms with Crippen molar-refractivity contribution in [3.8, 4) is 21.6 Å². The topological polar surface area (TPSA) is 0 Å². The lowest BCUT2D eigenvalue weighted by Gasteiger charge is -2.25. The van der Waals surface area contributed by atoms with Crippen molar-refractivity contribution < 1.29 is 4.39 Å². The van der Waals surface area contributed by atoms with Gasteiger partial charge in [-0.3, -0.25) is 0 Å². The van der Waals surface area contributed by atoms with Crippen molar-refractivity contribution in [2.24, 2.45) is 0 Å². The Bertz CT molecular complexity index is 898. The first-order chi connectivity index (χ1) is 12.3. The SMILES string of the molecule is Fc1cc(-c2ccc(C3CCC3)cc2)ccc1-c1ccc(C2CC2)s1. The minimum absolute atomic E-state index is 0.121. The van der Waals surface area contributed by atoms with E-state index in [2.05, 4.69) is 36.4 Å². The lowest BCUT2D eigenvalue weighted by molar-refractivity contribution is 0.420. The predicted octanol–water partition coefficient (Wildman–Crippen LogP) is 7.37. The summed E-state index contributed by atoms with van der Waals surface area (Å²) in [5, 5.41) is 0. The van der Waals surface area contributed by atoms with Gasteiger partial charge < -0.3 is 0 Å². The van der Waals surface area contributed by atoms with Crippen LogP contribution in [0.1, 0.15) is 54.4 Å². The standard InChI is InChI=1S/C23H21FS/c24-21-14-19(17-6-4-16(5-7-17)15-2-1-3-15)10-11-20(21)23-13-12-22(25-23)18-8-9-18/h4-7,10-15,18H,1-3,8-9H2. The molecule has 0 saturated heterocycles. The third-order valence-electron chi connectivity index (χ3n) is 5.66. The molecule has 2 fully saturated rings. The van der Waals surface area contributed by atoms with Gasteiger partial charge in [0.15, 0.2) is 0 Å². The quantitative estimate of drug-likeness (QED) is 0.462. The van der Waals surface area contributed by atoms with E-state index in [1.165, 1.54) is 42.5 Å². The zero-order chi connectivity index (χ0) is 16.8. The first-order valence-corrected chi connectivity index (χ1v) is 10.1. The number of hydrogen-bond donors (Lipinski definition) is 0. The van der Waals surface area contributed by atoms with Crippen LogP contribution in [0.3, 0.4) is 0 Å². The van der Waals surface area contributed by atoms with Crippen LogP contribution in [0.15, 0.2) is 54.6 Å². The molecule has 2 saturated carbocycles. The van der Waals surface area contributed by atoms with Crippen LogP contribution in [0.4, 0.5) is 4.39 Å². The summed E-state index contributed by atoms with van der Waals surface area (Å²) >= 11 is 1.75. The van der Waals surface area contributed by atoms with Crippen LogP contribution in [0.2, 0.25) is 0 Å². The fourth-order valence-corrected chi connectivity index (χ4v) is 4.87. The highest BCUT2D eigenvalue weighted by Crippen LogP contribution is 2.45. The smallest absolute Gasteiger partial charge is 0.132 e. The highest BCUT2D eigenvalue weighted by atomic mass is 32.1. The van der Waals surface area contributed by atoms with E-state index in [-0.39, 0.29) is 5.82 Å². The molecule has 126 valence electrons. The third kappa shape index (κ3) is 2.93. The summed E-state index contributed by atoms with van der Waals surface area (Å²) < 4.78 is 14.7. The minimum atomic E-state index is -0.121. The summed E-state index contributed by atoms with van der Waals surface area (Å²) in [4.78, 5) is 2.45. The van der Waals surface area contributed by atoms with Gasteiger partial charge in [-0.25, -0.2) is 4.39 Å². The van der Waals surface area contributed by atoms with Crippen LogP contribution < -0.4 is 0 Å². The molecule has 1 heterocycles. The zero-order valence-electron chi connectivity index (χ0n) is 14.2. The third-order valence-corrected chi connectivity index (χ3v) is 6.94. The highest BCUT2D eigenvalue weighted by molar-refractivity contribution is 7.15. The van der Waals surface area contributed by atoms with Gasteiger partial charge in [-0.15, -0.1) is 11.3 Å². The normalized spacial score (nSPS) is 17.5. The van der Waals surface area contributed by atoms with E-state index < -0.39 is 0 Å². The molecule has 0 nitrogen and oxygen atoms in total. The Balaban J connectivity index is 1.41. The number of halogens is 1. The number of thiophene rings is 1. The van der Waals surface area contributed by atoms with Crippen LogP contribution in [0.5, 0.6) is 0 Å². The van der Waals surface area contributed by atoms with Crippen LogP contribution in [-0.4, -0.2) is 0 Å². The molecular formula is C23H21FS. The van der Waals surface area contributed by atoms with Gasteiger partial charge in [-0.1, -0.05) is 36.8 Å². The Hall–Kier alpha value is -1.93. The van der Waals surface area contributed by atoms with E-state index in [1.807, 2.05) is 12.1 Å². The molecule has 0 aliphatic heterocycles. The predicted molar refractivity (Wildman–Crippen MR) is 104 cm³/mol. The van der Waals surface area contributed by atoms with Gasteiger partial charge in [0.25, 0.3) is 0 Å². The van der Waals surface area contributed by atoms with E-state index in [0.717, 1.165) is 33.4 Å². The maximum atomic E-state index is 14.7. The van der Waals surface area contributed by atoms with Crippen molar-refractivity contribution in [3.05, 3.63) is 70.9 Å². The Morgan fingerprint density at radius 3 is 2.16 bits per heavy atom. The monoisotopic (exact) mass is 348 g/mol. The fourth-order valence-electron chi connectivity index (χ4n) is 3.67. The van der Waals surface area contributed by atoms with Crippen molar-refractivity contribution in [2.45, 2.75) is 43.9 Å². The summed E-state index contributed by atoms with van der Waals surface area (Å²) in [7, 11) is 0. The van der Waals surface area contributed by atoms with Gasteiger partial charge in [0.1, 0.15) is 5.82 Å². The van der Waals surface area contributed by atoms with Gasteiger partial charge in [-0.05, 0) is 78.5 Å². The molecule has 2 aliphatic carbocycles. The van der Waals surface area contributed by atoms with E-state index in [4.69, 9.17) is 0 Å². The van der Waals surface area contributed by atoms with Crippen molar-refractivity contribution in [2.75, 3.05) is 0 Å². The maximum Gasteiger partial charge on any atom is 0.132 e. The fraction of sp³-hybridized carbons (Fsp3) is 0.304. The van der Waals surface area contributed by atoms with Gasteiger partial charge in [0, 0.05) is 15.3 Å². The van der Waals surface area contributed by atoms with E-state index in [9.17, 15) is 4.39 Å².